The molecule has 1 aliphatic rings. The fourth-order valence-electron chi connectivity index (χ4n) is 3.68. The number of likely N-dealkylation sites (tertiary alicyclic amines) is 1. The first-order chi connectivity index (χ1) is 14.2. The Morgan fingerprint density at radius 1 is 1.17 bits per heavy atom. The third kappa shape index (κ3) is 4.65. The molecule has 1 fully saturated rings. The van der Waals surface area contributed by atoms with Crippen LogP contribution in [0.25, 0.3) is 11.4 Å². The van der Waals surface area contributed by atoms with Gasteiger partial charge in [0.1, 0.15) is 5.75 Å². The Morgan fingerprint density at radius 3 is 2.86 bits per heavy atom. The van der Waals surface area contributed by atoms with Gasteiger partial charge in [0.2, 0.25) is 17.6 Å². The molecular weight excluding hydrogens is 366 g/mol. The molecule has 1 saturated heterocycles. The molecule has 0 N–H and O–H groups in total. The number of amides is 1. The molecule has 0 radical (unpaired) electrons. The summed E-state index contributed by atoms with van der Waals surface area (Å²) in [6.45, 7) is 3.93. The second kappa shape index (κ2) is 8.90. The van der Waals surface area contributed by atoms with Gasteiger partial charge in [0.15, 0.2) is 0 Å². The van der Waals surface area contributed by atoms with E-state index in [0.29, 0.717) is 31.3 Å². The predicted molar refractivity (Wildman–Crippen MR) is 110 cm³/mol. The zero-order valence-corrected chi connectivity index (χ0v) is 16.6. The third-order valence-electron chi connectivity index (χ3n) is 5.15. The molecule has 1 unspecified atom stereocenters. The average molecular weight is 391 g/mol. The SMILES string of the molecule is CCOc1cccc(-c2noc(C3CC(=O)N(CCCc4ccccc4)C3)n2)c1. The Kier molecular flexibility index (Phi) is 5.89. The Bertz CT molecular complexity index is 955. The summed E-state index contributed by atoms with van der Waals surface area (Å²) >= 11 is 0. The van der Waals surface area contributed by atoms with E-state index in [-0.39, 0.29) is 11.8 Å². The number of nitrogens with zero attached hydrogens (tertiary/aromatic N) is 3. The topological polar surface area (TPSA) is 68.5 Å². The maximum Gasteiger partial charge on any atom is 0.232 e. The number of carbonyl (C=O) groups excluding carboxylic acids is 1. The normalized spacial score (nSPS) is 16.4. The first-order valence-corrected chi connectivity index (χ1v) is 10.1. The van der Waals surface area contributed by atoms with Gasteiger partial charge in [-0.25, -0.2) is 0 Å². The standard InChI is InChI=1S/C23H25N3O3/c1-2-28-20-12-6-11-18(14-20)22-24-23(29-25-22)19-15-21(27)26(16-19)13-7-10-17-8-4-3-5-9-17/h3-6,8-9,11-12,14,19H,2,7,10,13,15-16H2,1H3. The van der Waals surface area contributed by atoms with Crippen LogP contribution in [-0.2, 0) is 11.2 Å². The lowest BCUT2D eigenvalue weighted by Gasteiger charge is -2.15. The maximum absolute atomic E-state index is 12.4. The van der Waals surface area contributed by atoms with Crippen LogP contribution in [0.1, 0.15) is 37.1 Å². The summed E-state index contributed by atoms with van der Waals surface area (Å²) in [5, 5.41) is 4.11. The highest BCUT2D eigenvalue weighted by Crippen LogP contribution is 2.29. The second-order valence-electron chi connectivity index (χ2n) is 7.25. The molecular formula is C23H25N3O3. The summed E-state index contributed by atoms with van der Waals surface area (Å²) < 4.78 is 11.0. The van der Waals surface area contributed by atoms with Crippen molar-refractivity contribution in [1.29, 1.82) is 0 Å². The first-order valence-electron chi connectivity index (χ1n) is 10.1. The van der Waals surface area contributed by atoms with Crippen LogP contribution in [0.15, 0.2) is 59.1 Å². The highest BCUT2D eigenvalue weighted by atomic mass is 16.5. The summed E-state index contributed by atoms with van der Waals surface area (Å²) in [5.41, 5.74) is 2.14. The lowest BCUT2D eigenvalue weighted by molar-refractivity contribution is -0.127. The van der Waals surface area contributed by atoms with E-state index in [4.69, 9.17) is 9.26 Å². The van der Waals surface area contributed by atoms with Crippen LogP contribution in [0.5, 0.6) is 5.75 Å². The Balaban J connectivity index is 1.36. The van der Waals surface area contributed by atoms with Gasteiger partial charge < -0.3 is 14.2 Å². The highest BCUT2D eigenvalue weighted by Gasteiger charge is 2.34. The van der Waals surface area contributed by atoms with Crippen LogP contribution < -0.4 is 4.74 Å². The molecule has 1 aromatic heterocycles. The van der Waals surface area contributed by atoms with Crippen LogP contribution in [0, 0.1) is 0 Å². The molecule has 6 heteroatoms. The molecule has 2 heterocycles. The van der Waals surface area contributed by atoms with E-state index in [1.54, 1.807) is 0 Å². The lowest BCUT2D eigenvalue weighted by Crippen LogP contribution is -2.26. The van der Waals surface area contributed by atoms with Gasteiger partial charge in [0, 0.05) is 25.1 Å². The Hall–Kier alpha value is -3.15. The molecule has 0 bridgehead atoms. The number of benzene rings is 2. The quantitative estimate of drug-likeness (QED) is 0.579. The molecule has 4 rings (SSSR count). The first kappa shape index (κ1) is 19.2. The minimum absolute atomic E-state index is 0.0458. The van der Waals surface area contributed by atoms with Gasteiger partial charge >= 0.3 is 0 Å². The van der Waals surface area contributed by atoms with E-state index < -0.39 is 0 Å². The molecule has 1 amide bonds. The zero-order chi connectivity index (χ0) is 20.1. The van der Waals surface area contributed by atoms with Gasteiger partial charge in [-0.1, -0.05) is 47.6 Å². The van der Waals surface area contributed by atoms with Crippen molar-refractivity contribution in [2.75, 3.05) is 19.7 Å². The summed E-state index contributed by atoms with van der Waals surface area (Å²) in [6, 6.07) is 18.0. The minimum atomic E-state index is -0.0458. The number of ether oxygens (including phenoxy) is 1. The fourth-order valence-corrected chi connectivity index (χ4v) is 3.68. The van der Waals surface area contributed by atoms with Gasteiger partial charge in [-0.05, 0) is 37.5 Å². The third-order valence-corrected chi connectivity index (χ3v) is 5.15. The number of hydrogen-bond acceptors (Lipinski definition) is 5. The summed E-state index contributed by atoms with van der Waals surface area (Å²) in [6.07, 6.45) is 2.34. The van der Waals surface area contributed by atoms with Crippen molar-refractivity contribution in [3.63, 3.8) is 0 Å². The lowest BCUT2D eigenvalue weighted by atomic mass is 10.1. The number of aromatic nitrogens is 2. The van der Waals surface area contributed by atoms with Gasteiger partial charge in [-0.3, -0.25) is 4.79 Å². The molecule has 150 valence electrons. The average Bonchev–Trinajstić information content (AvgIpc) is 3.37. The number of aryl methyl sites for hydroxylation is 1. The summed E-state index contributed by atoms with van der Waals surface area (Å²) in [5.74, 6) is 1.94. The van der Waals surface area contributed by atoms with Crippen molar-refractivity contribution in [2.45, 2.75) is 32.1 Å². The van der Waals surface area contributed by atoms with Crippen LogP contribution in [0.4, 0.5) is 0 Å². The molecule has 0 spiro atoms. The van der Waals surface area contributed by atoms with E-state index in [2.05, 4.69) is 22.3 Å². The van der Waals surface area contributed by atoms with Crippen LogP contribution >= 0.6 is 0 Å². The highest BCUT2D eigenvalue weighted by molar-refractivity contribution is 5.79. The second-order valence-corrected chi connectivity index (χ2v) is 7.25. The summed E-state index contributed by atoms with van der Waals surface area (Å²) in [4.78, 5) is 18.9. The molecule has 0 aliphatic carbocycles. The maximum atomic E-state index is 12.4. The van der Waals surface area contributed by atoms with Crippen LogP contribution in [-0.4, -0.2) is 40.6 Å². The van der Waals surface area contributed by atoms with Crippen molar-refractivity contribution in [3.05, 3.63) is 66.1 Å². The van der Waals surface area contributed by atoms with Gasteiger partial charge in [-0.2, -0.15) is 4.98 Å². The molecule has 1 atom stereocenters. The van der Waals surface area contributed by atoms with Crippen molar-refractivity contribution in [1.82, 2.24) is 15.0 Å². The smallest absolute Gasteiger partial charge is 0.232 e. The van der Waals surface area contributed by atoms with Gasteiger partial charge in [0.25, 0.3) is 0 Å². The molecule has 3 aromatic rings. The van der Waals surface area contributed by atoms with Crippen molar-refractivity contribution in [3.8, 4) is 17.1 Å². The van der Waals surface area contributed by atoms with Crippen LogP contribution in [0.3, 0.4) is 0 Å². The molecule has 29 heavy (non-hydrogen) atoms. The zero-order valence-electron chi connectivity index (χ0n) is 16.6. The van der Waals surface area contributed by atoms with Crippen molar-refractivity contribution >= 4 is 5.91 Å². The molecule has 0 saturated carbocycles. The van der Waals surface area contributed by atoms with Gasteiger partial charge in [-0.15, -0.1) is 0 Å². The number of hydrogen-bond donors (Lipinski definition) is 0. The molecule has 2 aromatic carbocycles. The largest absolute Gasteiger partial charge is 0.494 e. The van der Waals surface area contributed by atoms with E-state index in [9.17, 15) is 4.79 Å². The van der Waals surface area contributed by atoms with E-state index in [1.165, 1.54) is 5.56 Å². The summed E-state index contributed by atoms with van der Waals surface area (Å²) in [7, 11) is 0. The predicted octanol–water partition coefficient (Wildman–Crippen LogP) is 4.08. The van der Waals surface area contributed by atoms with Crippen LogP contribution in [0.2, 0.25) is 0 Å². The minimum Gasteiger partial charge on any atom is -0.494 e. The monoisotopic (exact) mass is 391 g/mol. The molecule has 1 aliphatic heterocycles. The van der Waals surface area contributed by atoms with Gasteiger partial charge in [0.05, 0.1) is 12.5 Å². The Morgan fingerprint density at radius 2 is 2.03 bits per heavy atom. The van der Waals surface area contributed by atoms with Crippen molar-refractivity contribution < 1.29 is 14.1 Å². The van der Waals surface area contributed by atoms with E-state index >= 15 is 0 Å². The molecule has 6 nitrogen and oxygen atoms in total. The number of carbonyl (C=O) groups is 1. The van der Waals surface area contributed by atoms with Crippen molar-refractivity contribution in [2.24, 2.45) is 0 Å². The van der Waals surface area contributed by atoms with E-state index in [1.807, 2.05) is 54.3 Å². The van der Waals surface area contributed by atoms with E-state index in [0.717, 1.165) is 30.7 Å². The number of rotatable bonds is 8. The Labute approximate surface area is 170 Å². The fraction of sp³-hybridized carbons (Fsp3) is 0.348.